The number of halogens is 1. The first-order chi connectivity index (χ1) is 10.7. The molecule has 2 rings (SSSR count). The van der Waals surface area contributed by atoms with Gasteiger partial charge in [0.05, 0.1) is 19.2 Å². The molecular weight excluding hydrogens is 370 g/mol. The van der Waals surface area contributed by atoms with Crippen molar-refractivity contribution < 1.29 is 9.53 Å². The number of hydrazone groups is 1. The lowest BCUT2D eigenvalue weighted by Crippen LogP contribution is -2.19. The molecule has 0 aliphatic carbocycles. The van der Waals surface area contributed by atoms with Crippen molar-refractivity contribution in [3.05, 3.63) is 34.8 Å². The maximum Gasteiger partial charge on any atom is 0.247 e. The number of nitrogens with zero attached hydrogens (tertiary/aromatic N) is 3. The summed E-state index contributed by atoms with van der Waals surface area (Å²) in [6, 6.07) is 7.42. The molecule has 1 aromatic heterocycles. The van der Waals surface area contributed by atoms with Gasteiger partial charge in [-0.3, -0.25) is 4.79 Å². The van der Waals surface area contributed by atoms with Crippen LogP contribution in [0.4, 0.5) is 5.13 Å². The summed E-state index contributed by atoms with van der Waals surface area (Å²) in [5, 5.41) is 13.0. The van der Waals surface area contributed by atoms with E-state index in [0.717, 1.165) is 16.6 Å². The van der Waals surface area contributed by atoms with Crippen molar-refractivity contribution in [1.29, 1.82) is 0 Å². The highest BCUT2D eigenvalue weighted by Gasteiger charge is 2.06. The largest absolute Gasteiger partial charge is 0.493 e. The van der Waals surface area contributed by atoms with Gasteiger partial charge in [-0.2, -0.15) is 5.10 Å². The van der Waals surface area contributed by atoms with E-state index >= 15 is 0 Å². The monoisotopic (exact) mass is 383 g/mol. The quantitative estimate of drug-likeness (QED) is 0.429. The Labute approximate surface area is 139 Å². The summed E-state index contributed by atoms with van der Waals surface area (Å²) in [6.07, 6.45) is 1.65. The van der Waals surface area contributed by atoms with Crippen LogP contribution in [0.1, 0.15) is 10.6 Å². The smallest absolute Gasteiger partial charge is 0.247 e. The van der Waals surface area contributed by atoms with Crippen LogP contribution < -0.4 is 15.9 Å². The van der Waals surface area contributed by atoms with Crippen molar-refractivity contribution in [1.82, 2.24) is 15.6 Å². The van der Waals surface area contributed by atoms with Gasteiger partial charge in [-0.1, -0.05) is 39.4 Å². The van der Waals surface area contributed by atoms with Crippen molar-refractivity contribution >= 4 is 44.5 Å². The van der Waals surface area contributed by atoms with E-state index in [0.29, 0.717) is 16.7 Å². The predicted octanol–water partition coefficient (Wildman–Crippen LogP) is 1.59. The number of ether oxygens (including phenoxy) is 1. The zero-order valence-corrected chi connectivity index (χ0v) is 13.9. The third-order valence-electron chi connectivity index (χ3n) is 2.40. The first-order valence-electron chi connectivity index (χ1n) is 6.36. The molecule has 0 aliphatic heterocycles. The van der Waals surface area contributed by atoms with Gasteiger partial charge < -0.3 is 10.5 Å². The zero-order chi connectivity index (χ0) is 15.8. The van der Waals surface area contributed by atoms with Gasteiger partial charge in [0.15, 0.2) is 0 Å². The van der Waals surface area contributed by atoms with Crippen molar-refractivity contribution in [2.45, 2.75) is 6.42 Å². The van der Waals surface area contributed by atoms with Crippen LogP contribution in [0.25, 0.3) is 0 Å². The maximum absolute atomic E-state index is 11.7. The van der Waals surface area contributed by atoms with Gasteiger partial charge in [-0.15, -0.1) is 10.2 Å². The van der Waals surface area contributed by atoms with Crippen LogP contribution in [0.15, 0.2) is 29.4 Å². The van der Waals surface area contributed by atoms with E-state index in [1.54, 1.807) is 6.21 Å². The number of carbonyl (C=O) groups is 1. The highest BCUT2D eigenvalue weighted by molar-refractivity contribution is 9.09. The molecule has 2 aromatic rings. The lowest BCUT2D eigenvalue weighted by atomic mass is 10.2. The second kappa shape index (κ2) is 8.44. The number of carbonyl (C=O) groups excluding carboxylic acids is 1. The van der Waals surface area contributed by atoms with E-state index < -0.39 is 0 Å². The summed E-state index contributed by atoms with van der Waals surface area (Å²) in [7, 11) is 0. The summed E-state index contributed by atoms with van der Waals surface area (Å²) < 4.78 is 5.48. The van der Waals surface area contributed by atoms with Crippen LogP contribution in [0.2, 0.25) is 0 Å². The first kappa shape index (κ1) is 16.4. The molecule has 1 aromatic carbocycles. The number of alkyl halides is 1. The third kappa shape index (κ3) is 5.41. The van der Waals surface area contributed by atoms with Gasteiger partial charge in [-0.25, -0.2) is 5.43 Å². The molecule has 0 aliphatic rings. The van der Waals surface area contributed by atoms with Gasteiger partial charge >= 0.3 is 0 Å². The van der Waals surface area contributed by atoms with E-state index in [4.69, 9.17) is 10.5 Å². The highest BCUT2D eigenvalue weighted by Crippen LogP contribution is 2.12. The molecular formula is C13H14BrN5O2S. The molecule has 0 unspecified atom stereocenters. The van der Waals surface area contributed by atoms with Crippen molar-refractivity contribution in [2.24, 2.45) is 5.10 Å². The topological polar surface area (TPSA) is 102 Å². The van der Waals surface area contributed by atoms with Crippen LogP contribution in [0, 0.1) is 0 Å². The molecule has 116 valence electrons. The summed E-state index contributed by atoms with van der Waals surface area (Å²) in [4.78, 5) is 11.7. The molecule has 7 nitrogen and oxygen atoms in total. The predicted molar refractivity (Wildman–Crippen MR) is 89.5 cm³/mol. The lowest BCUT2D eigenvalue weighted by molar-refractivity contribution is -0.120. The third-order valence-corrected chi connectivity index (χ3v) is 3.48. The molecule has 0 saturated carbocycles. The van der Waals surface area contributed by atoms with E-state index in [2.05, 4.69) is 36.7 Å². The molecule has 9 heteroatoms. The summed E-state index contributed by atoms with van der Waals surface area (Å²) in [6.45, 7) is 0.586. The summed E-state index contributed by atoms with van der Waals surface area (Å²) in [5.41, 5.74) is 8.71. The van der Waals surface area contributed by atoms with Crippen LogP contribution >= 0.6 is 27.3 Å². The number of hydrogen-bond acceptors (Lipinski definition) is 7. The fourth-order valence-electron chi connectivity index (χ4n) is 1.53. The Morgan fingerprint density at radius 2 is 2.36 bits per heavy atom. The SMILES string of the molecule is Nc1nnc(CC(=O)NN=Cc2cccc(OCCBr)c2)s1. The number of aromatic nitrogens is 2. The molecule has 0 saturated heterocycles. The first-order valence-corrected chi connectivity index (χ1v) is 8.30. The molecule has 0 radical (unpaired) electrons. The van der Waals surface area contributed by atoms with Crippen molar-refractivity contribution in [3.8, 4) is 5.75 Å². The van der Waals surface area contributed by atoms with Gasteiger partial charge in [-0.05, 0) is 17.7 Å². The summed E-state index contributed by atoms with van der Waals surface area (Å²) >= 11 is 4.47. The Morgan fingerprint density at radius 3 is 3.09 bits per heavy atom. The van der Waals surface area contributed by atoms with Gasteiger partial charge in [0.2, 0.25) is 11.0 Å². The Balaban J connectivity index is 1.85. The van der Waals surface area contributed by atoms with Crippen molar-refractivity contribution in [2.75, 3.05) is 17.7 Å². The highest BCUT2D eigenvalue weighted by atomic mass is 79.9. The zero-order valence-electron chi connectivity index (χ0n) is 11.5. The number of anilines is 1. The normalized spacial score (nSPS) is 10.8. The van der Waals surface area contributed by atoms with Crippen LogP contribution in [-0.4, -0.2) is 34.3 Å². The molecule has 1 amide bonds. The van der Waals surface area contributed by atoms with E-state index in [-0.39, 0.29) is 12.3 Å². The molecule has 1 heterocycles. The molecule has 3 N–H and O–H groups in total. The molecule has 0 bridgehead atoms. The van der Waals surface area contributed by atoms with E-state index in [9.17, 15) is 4.79 Å². The van der Waals surface area contributed by atoms with Crippen LogP contribution in [-0.2, 0) is 11.2 Å². The lowest BCUT2D eigenvalue weighted by Gasteiger charge is -2.04. The van der Waals surface area contributed by atoms with E-state index in [1.807, 2.05) is 24.3 Å². The second-order valence-corrected chi connectivity index (χ2v) is 6.00. The number of nitrogens with two attached hydrogens (primary N) is 1. The van der Waals surface area contributed by atoms with Gasteiger partial charge in [0, 0.05) is 5.33 Å². The minimum atomic E-state index is -0.279. The number of nitrogens with one attached hydrogen (secondary N) is 1. The number of hydrogen-bond donors (Lipinski definition) is 2. The minimum Gasteiger partial charge on any atom is -0.493 e. The molecule has 22 heavy (non-hydrogen) atoms. The molecule has 0 spiro atoms. The van der Waals surface area contributed by atoms with Gasteiger partial charge in [0.25, 0.3) is 0 Å². The average molecular weight is 384 g/mol. The Hall–Kier alpha value is -2.00. The summed E-state index contributed by atoms with van der Waals surface area (Å²) in [5.74, 6) is 0.471. The number of amides is 1. The number of rotatable bonds is 7. The Bertz CT molecular complexity index is 661. The fourth-order valence-corrected chi connectivity index (χ4v) is 2.30. The van der Waals surface area contributed by atoms with E-state index in [1.165, 1.54) is 11.3 Å². The Morgan fingerprint density at radius 1 is 1.50 bits per heavy atom. The molecule has 0 atom stereocenters. The van der Waals surface area contributed by atoms with Crippen LogP contribution in [0.3, 0.4) is 0 Å². The second-order valence-electron chi connectivity index (χ2n) is 4.11. The standard InChI is InChI=1S/C13H14BrN5O2S/c14-4-5-21-10-3-1-2-9(6-10)8-16-17-11(20)7-12-18-19-13(15)22-12/h1-3,6,8H,4-5,7H2,(H2,15,19)(H,17,20). The number of benzene rings is 1. The number of nitrogen functional groups attached to an aromatic ring is 1. The maximum atomic E-state index is 11.7. The fraction of sp³-hybridized carbons (Fsp3) is 0.231. The van der Waals surface area contributed by atoms with Crippen molar-refractivity contribution in [3.63, 3.8) is 0 Å². The minimum absolute atomic E-state index is 0.0978. The van der Waals surface area contributed by atoms with Gasteiger partial charge in [0.1, 0.15) is 10.8 Å². The van der Waals surface area contributed by atoms with Crippen LogP contribution in [0.5, 0.6) is 5.75 Å². The Kier molecular flexibility index (Phi) is 6.28. The molecule has 0 fully saturated rings. The average Bonchev–Trinajstić information content (AvgIpc) is 2.90.